The molecule has 148 valence electrons. The molecule has 3 rings (SSSR count). The second kappa shape index (κ2) is 8.92. The topological polar surface area (TPSA) is 81.7 Å². The minimum Gasteiger partial charge on any atom is -0.452 e. The van der Waals surface area contributed by atoms with Gasteiger partial charge in [-0.3, -0.25) is 14.9 Å². The van der Waals surface area contributed by atoms with E-state index in [-0.39, 0.29) is 16.9 Å². The number of nitrogens with one attached hydrogen (secondary N) is 1. The average molecular weight is 399 g/mol. The highest BCUT2D eigenvalue weighted by molar-refractivity contribution is 6.05. The number of hydrogen-bond donors (Lipinski definition) is 1. The predicted octanol–water partition coefficient (Wildman–Crippen LogP) is 3.55. The number of benzene rings is 3. The van der Waals surface area contributed by atoms with E-state index in [1.807, 2.05) is 29.6 Å². The average Bonchev–Trinajstić information content (AvgIpc) is 2.71. The smallest absolute Gasteiger partial charge is 0.387 e. The molecule has 0 unspecified atom stereocenters. The molecule has 0 radical (unpaired) electrons. The van der Waals surface area contributed by atoms with Crippen LogP contribution in [0.1, 0.15) is 20.7 Å². The molecule has 0 heterocycles. The lowest BCUT2D eigenvalue weighted by molar-refractivity contribution is -0.123. The number of ether oxygens (including phenoxy) is 2. The minimum atomic E-state index is -2.98. The molecule has 0 saturated heterocycles. The van der Waals surface area contributed by atoms with Gasteiger partial charge in [0, 0.05) is 5.56 Å². The number of carbonyl (C=O) groups is 3. The number of hydrogen-bond acceptors (Lipinski definition) is 5. The van der Waals surface area contributed by atoms with Crippen LogP contribution in [0, 0.1) is 0 Å². The molecule has 0 bridgehead atoms. The molecule has 2 amide bonds. The van der Waals surface area contributed by atoms with Gasteiger partial charge >= 0.3 is 12.6 Å². The maximum absolute atomic E-state index is 12.1. The molecule has 0 aliphatic heterocycles. The summed E-state index contributed by atoms with van der Waals surface area (Å²) in [7, 11) is 0. The molecule has 29 heavy (non-hydrogen) atoms. The third-order valence-corrected chi connectivity index (χ3v) is 3.91. The largest absolute Gasteiger partial charge is 0.452 e. The van der Waals surface area contributed by atoms with Crippen molar-refractivity contribution in [1.29, 1.82) is 0 Å². The summed E-state index contributed by atoms with van der Waals surface area (Å²) in [5, 5.41) is 3.85. The number of imide groups is 1. The highest BCUT2D eigenvalue weighted by atomic mass is 19.3. The lowest BCUT2D eigenvalue weighted by Gasteiger charge is -2.08. The molecule has 0 spiro atoms. The van der Waals surface area contributed by atoms with Gasteiger partial charge in [0.2, 0.25) is 0 Å². The van der Waals surface area contributed by atoms with Crippen molar-refractivity contribution in [3.63, 3.8) is 0 Å². The SMILES string of the molecule is O=C(COC(=O)c1ccc2ccccc2c1)NC(=O)c1ccc(OC(F)F)cc1. The van der Waals surface area contributed by atoms with Crippen LogP contribution in [0.3, 0.4) is 0 Å². The number of fused-ring (bicyclic) bond motifs is 1. The lowest BCUT2D eigenvalue weighted by Crippen LogP contribution is -2.34. The molecular formula is C21H15F2NO5. The quantitative estimate of drug-likeness (QED) is 0.641. The summed E-state index contributed by atoms with van der Waals surface area (Å²) in [5.74, 6) is -2.41. The summed E-state index contributed by atoms with van der Waals surface area (Å²) < 4.78 is 33.3. The Bertz CT molecular complexity index is 1050. The van der Waals surface area contributed by atoms with Crippen molar-refractivity contribution in [3.05, 3.63) is 77.9 Å². The van der Waals surface area contributed by atoms with E-state index in [0.717, 1.165) is 10.8 Å². The first kappa shape index (κ1) is 19.9. The Morgan fingerprint density at radius 2 is 1.52 bits per heavy atom. The highest BCUT2D eigenvalue weighted by Crippen LogP contribution is 2.16. The van der Waals surface area contributed by atoms with Crippen LogP contribution in [0.25, 0.3) is 10.8 Å². The molecule has 0 aliphatic carbocycles. The van der Waals surface area contributed by atoms with Gasteiger partial charge in [-0.25, -0.2) is 4.79 Å². The van der Waals surface area contributed by atoms with Crippen molar-refractivity contribution in [2.45, 2.75) is 6.61 Å². The Balaban J connectivity index is 1.53. The molecular weight excluding hydrogens is 384 g/mol. The van der Waals surface area contributed by atoms with Gasteiger partial charge in [0.05, 0.1) is 5.56 Å². The predicted molar refractivity (Wildman–Crippen MR) is 99.8 cm³/mol. The van der Waals surface area contributed by atoms with Gasteiger partial charge in [-0.2, -0.15) is 8.78 Å². The highest BCUT2D eigenvalue weighted by Gasteiger charge is 2.14. The molecule has 8 heteroatoms. The van der Waals surface area contributed by atoms with Gasteiger partial charge in [-0.15, -0.1) is 0 Å². The summed E-state index contributed by atoms with van der Waals surface area (Å²) in [4.78, 5) is 36.0. The van der Waals surface area contributed by atoms with E-state index in [0.29, 0.717) is 0 Å². The summed E-state index contributed by atoms with van der Waals surface area (Å²) >= 11 is 0. The molecule has 0 fully saturated rings. The third-order valence-electron chi connectivity index (χ3n) is 3.91. The Morgan fingerprint density at radius 1 is 0.862 bits per heavy atom. The van der Waals surface area contributed by atoms with Gasteiger partial charge in [0.1, 0.15) is 5.75 Å². The normalized spacial score (nSPS) is 10.6. The zero-order valence-corrected chi connectivity index (χ0v) is 14.9. The van der Waals surface area contributed by atoms with Crippen molar-refractivity contribution >= 4 is 28.6 Å². The second-order valence-electron chi connectivity index (χ2n) is 5.92. The number of rotatable bonds is 6. The van der Waals surface area contributed by atoms with Gasteiger partial charge in [-0.05, 0) is 47.2 Å². The Kier molecular flexibility index (Phi) is 6.13. The van der Waals surface area contributed by atoms with Gasteiger partial charge in [0.25, 0.3) is 11.8 Å². The second-order valence-corrected chi connectivity index (χ2v) is 5.92. The number of alkyl halides is 2. The van der Waals surface area contributed by atoms with Crippen molar-refractivity contribution < 1.29 is 32.6 Å². The number of halogens is 2. The first-order valence-electron chi connectivity index (χ1n) is 8.47. The van der Waals surface area contributed by atoms with Crippen LogP contribution in [0.5, 0.6) is 5.75 Å². The maximum atomic E-state index is 12.1. The van der Waals surface area contributed by atoms with Crippen molar-refractivity contribution in [2.24, 2.45) is 0 Å². The number of amides is 2. The standard InChI is InChI=1S/C21H15F2NO5/c22-21(23)29-17-9-7-14(8-10-17)19(26)24-18(25)12-28-20(27)16-6-5-13-3-1-2-4-15(13)11-16/h1-11,21H,12H2,(H,24,25,26). The maximum Gasteiger partial charge on any atom is 0.387 e. The van der Waals surface area contributed by atoms with Crippen LogP contribution in [0.4, 0.5) is 8.78 Å². The van der Waals surface area contributed by atoms with Gasteiger partial charge in [0.15, 0.2) is 6.61 Å². The summed E-state index contributed by atoms with van der Waals surface area (Å²) in [6.07, 6.45) is 0. The molecule has 3 aromatic rings. The van der Waals surface area contributed by atoms with E-state index in [2.05, 4.69) is 4.74 Å². The number of carbonyl (C=O) groups excluding carboxylic acids is 3. The molecule has 0 saturated carbocycles. The van der Waals surface area contributed by atoms with Crippen LogP contribution in [-0.4, -0.2) is 31.0 Å². The van der Waals surface area contributed by atoms with E-state index in [1.54, 1.807) is 18.2 Å². The summed E-state index contributed by atoms with van der Waals surface area (Å²) in [5.41, 5.74) is 0.332. The van der Waals surface area contributed by atoms with Crippen LogP contribution in [-0.2, 0) is 9.53 Å². The Labute approximate surface area is 164 Å². The summed E-state index contributed by atoms with van der Waals surface area (Å²) in [6, 6.07) is 17.2. The fraction of sp³-hybridized carbons (Fsp3) is 0.0952. The Morgan fingerprint density at radius 3 is 2.21 bits per heavy atom. The summed E-state index contributed by atoms with van der Waals surface area (Å²) in [6.45, 7) is -3.63. The minimum absolute atomic E-state index is 0.0563. The van der Waals surface area contributed by atoms with Gasteiger partial charge in [-0.1, -0.05) is 30.3 Å². The van der Waals surface area contributed by atoms with Crippen molar-refractivity contribution in [1.82, 2.24) is 5.32 Å². The van der Waals surface area contributed by atoms with E-state index in [1.165, 1.54) is 24.3 Å². The van der Waals surface area contributed by atoms with E-state index >= 15 is 0 Å². The zero-order valence-electron chi connectivity index (χ0n) is 14.9. The van der Waals surface area contributed by atoms with Crippen LogP contribution >= 0.6 is 0 Å². The monoisotopic (exact) mass is 399 g/mol. The fourth-order valence-electron chi connectivity index (χ4n) is 2.55. The molecule has 3 aromatic carbocycles. The first-order valence-corrected chi connectivity index (χ1v) is 8.47. The molecule has 1 N–H and O–H groups in total. The van der Waals surface area contributed by atoms with Crippen molar-refractivity contribution in [2.75, 3.05) is 6.61 Å². The first-order chi connectivity index (χ1) is 13.9. The zero-order chi connectivity index (χ0) is 20.8. The lowest BCUT2D eigenvalue weighted by atomic mass is 10.1. The molecule has 0 aliphatic rings. The van der Waals surface area contributed by atoms with Crippen LogP contribution in [0.15, 0.2) is 66.7 Å². The van der Waals surface area contributed by atoms with Gasteiger partial charge < -0.3 is 9.47 Å². The van der Waals surface area contributed by atoms with E-state index < -0.39 is 31.0 Å². The van der Waals surface area contributed by atoms with Crippen molar-refractivity contribution in [3.8, 4) is 5.75 Å². The molecule has 0 aromatic heterocycles. The molecule has 6 nitrogen and oxygen atoms in total. The van der Waals surface area contributed by atoms with Crippen LogP contribution in [0.2, 0.25) is 0 Å². The van der Waals surface area contributed by atoms with E-state index in [4.69, 9.17) is 4.74 Å². The third kappa shape index (κ3) is 5.35. The van der Waals surface area contributed by atoms with Crippen LogP contribution < -0.4 is 10.1 Å². The Hall–Kier alpha value is -3.81. The fourth-order valence-corrected chi connectivity index (χ4v) is 2.55. The number of esters is 1. The molecule has 0 atom stereocenters. The van der Waals surface area contributed by atoms with E-state index in [9.17, 15) is 23.2 Å².